The SMILES string of the molecule is CCNC(c1cncc(Br)c1)c1ccc(F)c(F)c1F. The van der Waals surface area contributed by atoms with Crippen LogP contribution in [0, 0.1) is 17.5 Å². The largest absolute Gasteiger partial charge is 0.306 e. The van der Waals surface area contributed by atoms with Crippen molar-refractivity contribution in [3.8, 4) is 0 Å². The topological polar surface area (TPSA) is 24.9 Å². The molecule has 1 atom stereocenters. The van der Waals surface area contributed by atoms with Crippen LogP contribution in [-0.4, -0.2) is 11.5 Å². The van der Waals surface area contributed by atoms with Crippen LogP contribution in [0.3, 0.4) is 0 Å². The van der Waals surface area contributed by atoms with Gasteiger partial charge in [-0.05, 0) is 40.2 Å². The first-order valence-corrected chi connectivity index (χ1v) is 6.81. The standard InChI is InChI=1S/C14H12BrF3N2/c1-2-20-14(8-5-9(15)7-19-6-8)10-3-4-11(16)13(18)12(10)17/h3-7,14,20H,2H2,1H3. The van der Waals surface area contributed by atoms with E-state index in [1.54, 1.807) is 18.5 Å². The number of halogens is 4. The predicted molar refractivity (Wildman–Crippen MR) is 73.8 cm³/mol. The Labute approximate surface area is 123 Å². The Balaban J connectivity index is 2.51. The molecule has 1 unspecified atom stereocenters. The Kier molecular flexibility index (Phi) is 4.77. The van der Waals surface area contributed by atoms with Crippen molar-refractivity contribution >= 4 is 15.9 Å². The molecule has 0 saturated heterocycles. The smallest absolute Gasteiger partial charge is 0.194 e. The second-order valence-corrected chi connectivity index (χ2v) is 5.11. The molecule has 2 aromatic rings. The van der Waals surface area contributed by atoms with Crippen molar-refractivity contribution in [3.63, 3.8) is 0 Å². The lowest BCUT2D eigenvalue weighted by Gasteiger charge is -2.19. The average Bonchev–Trinajstić information content (AvgIpc) is 2.43. The average molecular weight is 345 g/mol. The highest BCUT2D eigenvalue weighted by Gasteiger charge is 2.22. The molecule has 20 heavy (non-hydrogen) atoms. The van der Waals surface area contributed by atoms with Gasteiger partial charge in [-0.1, -0.05) is 13.0 Å². The zero-order valence-electron chi connectivity index (χ0n) is 10.6. The lowest BCUT2D eigenvalue weighted by atomic mass is 9.99. The molecule has 6 heteroatoms. The molecule has 106 valence electrons. The van der Waals surface area contributed by atoms with Gasteiger partial charge < -0.3 is 5.32 Å². The summed E-state index contributed by atoms with van der Waals surface area (Å²) in [5.41, 5.74) is 0.705. The molecule has 0 aliphatic heterocycles. The zero-order chi connectivity index (χ0) is 14.7. The second kappa shape index (κ2) is 6.37. The summed E-state index contributed by atoms with van der Waals surface area (Å²) in [6, 6.07) is 3.31. The van der Waals surface area contributed by atoms with E-state index < -0.39 is 23.5 Å². The molecule has 1 N–H and O–H groups in total. The van der Waals surface area contributed by atoms with Crippen LogP contribution in [0.4, 0.5) is 13.2 Å². The summed E-state index contributed by atoms with van der Waals surface area (Å²) in [5, 5.41) is 3.04. The van der Waals surface area contributed by atoms with Crippen LogP contribution < -0.4 is 5.32 Å². The normalized spacial score (nSPS) is 12.4. The lowest BCUT2D eigenvalue weighted by molar-refractivity contribution is 0.433. The third kappa shape index (κ3) is 3.02. The fraction of sp³-hybridized carbons (Fsp3) is 0.214. The van der Waals surface area contributed by atoms with Gasteiger partial charge in [-0.2, -0.15) is 0 Å². The molecule has 0 bridgehead atoms. The fourth-order valence-corrected chi connectivity index (χ4v) is 2.34. The van der Waals surface area contributed by atoms with Crippen molar-refractivity contribution in [2.45, 2.75) is 13.0 Å². The van der Waals surface area contributed by atoms with Gasteiger partial charge in [0.25, 0.3) is 0 Å². The van der Waals surface area contributed by atoms with Crippen molar-refractivity contribution < 1.29 is 13.2 Å². The summed E-state index contributed by atoms with van der Waals surface area (Å²) in [7, 11) is 0. The number of aromatic nitrogens is 1. The van der Waals surface area contributed by atoms with Gasteiger partial charge in [-0.15, -0.1) is 0 Å². The van der Waals surface area contributed by atoms with Gasteiger partial charge in [0, 0.05) is 22.4 Å². The molecule has 1 heterocycles. The van der Waals surface area contributed by atoms with Gasteiger partial charge >= 0.3 is 0 Å². The van der Waals surface area contributed by atoms with E-state index in [0.29, 0.717) is 12.1 Å². The molecule has 0 radical (unpaired) electrons. The van der Waals surface area contributed by atoms with E-state index in [1.807, 2.05) is 6.92 Å². The monoisotopic (exact) mass is 344 g/mol. The van der Waals surface area contributed by atoms with Crippen molar-refractivity contribution in [2.75, 3.05) is 6.54 Å². The number of benzene rings is 1. The van der Waals surface area contributed by atoms with Crippen molar-refractivity contribution in [1.29, 1.82) is 0 Å². The maximum atomic E-state index is 13.9. The number of rotatable bonds is 4. The van der Waals surface area contributed by atoms with Crippen LogP contribution in [0.2, 0.25) is 0 Å². The van der Waals surface area contributed by atoms with E-state index in [9.17, 15) is 13.2 Å². The highest BCUT2D eigenvalue weighted by molar-refractivity contribution is 9.10. The Hall–Kier alpha value is -1.40. The van der Waals surface area contributed by atoms with Gasteiger partial charge in [0.2, 0.25) is 0 Å². The van der Waals surface area contributed by atoms with Gasteiger partial charge in [-0.3, -0.25) is 4.98 Å². The first-order chi connectivity index (χ1) is 9.54. The Morgan fingerprint density at radius 2 is 1.95 bits per heavy atom. The molecular weight excluding hydrogens is 333 g/mol. The van der Waals surface area contributed by atoms with Gasteiger partial charge in [0.05, 0.1) is 6.04 Å². The van der Waals surface area contributed by atoms with Crippen LogP contribution in [0.1, 0.15) is 24.1 Å². The first-order valence-electron chi connectivity index (χ1n) is 6.01. The molecule has 2 rings (SSSR count). The molecule has 0 saturated carbocycles. The number of hydrogen-bond acceptors (Lipinski definition) is 2. The van der Waals surface area contributed by atoms with Crippen molar-refractivity contribution in [3.05, 3.63) is 63.6 Å². The summed E-state index contributed by atoms with van der Waals surface area (Å²) in [6.07, 6.45) is 3.15. The molecule has 0 spiro atoms. The molecule has 2 nitrogen and oxygen atoms in total. The highest BCUT2D eigenvalue weighted by Crippen LogP contribution is 2.27. The van der Waals surface area contributed by atoms with Crippen LogP contribution in [0.25, 0.3) is 0 Å². The number of nitrogens with one attached hydrogen (secondary N) is 1. The minimum absolute atomic E-state index is 0.0469. The summed E-state index contributed by atoms with van der Waals surface area (Å²) in [4.78, 5) is 4.01. The lowest BCUT2D eigenvalue weighted by Crippen LogP contribution is -2.23. The number of pyridine rings is 1. The molecule has 0 fully saturated rings. The second-order valence-electron chi connectivity index (χ2n) is 4.19. The Morgan fingerprint density at radius 1 is 1.20 bits per heavy atom. The maximum absolute atomic E-state index is 13.9. The van der Waals surface area contributed by atoms with E-state index in [2.05, 4.69) is 26.2 Å². The quantitative estimate of drug-likeness (QED) is 0.849. The van der Waals surface area contributed by atoms with Crippen LogP contribution in [0.15, 0.2) is 35.1 Å². The molecule has 0 aliphatic carbocycles. The summed E-state index contributed by atoms with van der Waals surface area (Å²) in [6.45, 7) is 2.38. The van der Waals surface area contributed by atoms with Gasteiger partial charge in [0.15, 0.2) is 17.5 Å². The predicted octanol–water partition coefficient (Wildman–Crippen LogP) is 3.96. The maximum Gasteiger partial charge on any atom is 0.194 e. The van der Waals surface area contributed by atoms with Crippen LogP contribution in [0.5, 0.6) is 0 Å². The summed E-state index contributed by atoms with van der Waals surface area (Å²) >= 11 is 3.28. The fourth-order valence-electron chi connectivity index (χ4n) is 1.96. The third-order valence-corrected chi connectivity index (χ3v) is 3.28. The molecule has 1 aromatic carbocycles. The summed E-state index contributed by atoms with van der Waals surface area (Å²) in [5.74, 6) is -3.85. The third-order valence-electron chi connectivity index (χ3n) is 2.84. The minimum Gasteiger partial charge on any atom is -0.306 e. The van der Waals surface area contributed by atoms with E-state index in [1.165, 1.54) is 6.07 Å². The highest BCUT2D eigenvalue weighted by atomic mass is 79.9. The molecular formula is C14H12BrF3N2. The van der Waals surface area contributed by atoms with E-state index in [4.69, 9.17) is 0 Å². The van der Waals surface area contributed by atoms with Crippen LogP contribution >= 0.6 is 15.9 Å². The minimum atomic E-state index is -1.46. The Bertz CT molecular complexity index is 619. The van der Waals surface area contributed by atoms with Gasteiger partial charge in [0.1, 0.15) is 0 Å². The van der Waals surface area contributed by atoms with Crippen LogP contribution in [-0.2, 0) is 0 Å². The zero-order valence-corrected chi connectivity index (χ0v) is 12.2. The first kappa shape index (κ1) is 15.0. The Morgan fingerprint density at radius 3 is 2.60 bits per heavy atom. The molecule has 0 aliphatic rings. The number of hydrogen-bond donors (Lipinski definition) is 1. The van der Waals surface area contributed by atoms with Crippen molar-refractivity contribution in [2.24, 2.45) is 0 Å². The molecule has 1 aromatic heterocycles. The van der Waals surface area contributed by atoms with E-state index in [0.717, 1.165) is 10.5 Å². The van der Waals surface area contributed by atoms with E-state index >= 15 is 0 Å². The summed E-state index contributed by atoms with van der Waals surface area (Å²) < 4.78 is 41.1. The molecule has 0 amide bonds. The van der Waals surface area contributed by atoms with Crippen molar-refractivity contribution in [1.82, 2.24) is 10.3 Å². The van der Waals surface area contributed by atoms with E-state index in [-0.39, 0.29) is 5.56 Å². The number of nitrogens with zero attached hydrogens (tertiary/aromatic N) is 1. The van der Waals surface area contributed by atoms with Gasteiger partial charge in [-0.25, -0.2) is 13.2 Å².